The highest BCUT2D eigenvalue weighted by atomic mass is 16.6. The zero-order chi connectivity index (χ0) is 20.2. The second-order valence-corrected chi connectivity index (χ2v) is 7.76. The molecule has 1 aromatic rings. The van der Waals surface area contributed by atoms with E-state index in [9.17, 15) is 20.0 Å². The highest BCUT2D eigenvalue weighted by Crippen LogP contribution is 2.24. The summed E-state index contributed by atoms with van der Waals surface area (Å²) in [5, 5.41) is 23.9. The molecule has 0 aliphatic carbocycles. The molecule has 8 heteroatoms. The van der Waals surface area contributed by atoms with Gasteiger partial charge in [-0.15, -0.1) is 0 Å². The molecule has 8 nitrogen and oxygen atoms in total. The Labute approximate surface area is 160 Å². The van der Waals surface area contributed by atoms with Crippen LogP contribution in [0.3, 0.4) is 0 Å². The Hall–Kier alpha value is -2.19. The van der Waals surface area contributed by atoms with E-state index >= 15 is 0 Å². The second-order valence-electron chi connectivity index (χ2n) is 7.76. The lowest BCUT2D eigenvalue weighted by Crippen LogP contribution is -2.62. The maximum atomic E-state index is 12.8. The monoisotopic (exact) mass is 378 g/mol. The zero-order valence-electron chi connectivity index (χ0n) is 16.5. The first-order valence-corrected chi connectivity index (χ1v) is 9.43. The van der Waals surface area contributed by atoms with Crippen molar-refractivity contribution in [2.75, 3.05) is 25.0 Å². The SMILES string of the molecule is CC[C@@H]1CN(C(=O)Nc2cccc([N+](=O)[O-])c2)[C@@H](CC)CN1CC(C)(C)O. The van der Waals surface area contributed by atoms with Gasteiger partial charge in [0.05, 0.1) is 10.5 Å². The molecule has 2 N–H and O–H groups in total. The molecule has 0 bridgehead atoms. The lowest BCUT2D eigenvalue weighted by atomic mass is 10.00. The molecule has 1 aromatic carbocycles. The number of carbonyl (C=O) groups is 1. The molecule has 0 radical (unpaired) electrons. The predicted octanol–water partition coefficient (Wildman–Crippen LogP) is 3.07. The highest BCUT2D eigenvalue weighted by molar-refractivity contribution is 5.90. The number of nitrogens with one attached hydrogen (secondary N) is 1. The number of piperazine rings is 1. The average molecular weight is 378 g/mol. The molecule has 1 saturated heterocycles. The quantitative estimate of drug-likeness (QED) is 0.585. The first-order chi connectivity index (χ1) is 12.6. The first kappa shape index (κ1) is 21.1. The van der Waals surface area contributed by atoms with E-state index in [-0.39, 0.29) is 23.8 Å². The van der Waals surface area contributed by atoms with Crippen LogP contribution in [0.4, 0.5) is 16.2 Å². The van der Waals surface area contributed by atoms with Crippen molar-refractivity contribution in [2.24, 2.45) is 0 Å². The molecule has 0 unspecified atom stereocenters. The van der Waals surface area contributed by atoms with E-state index in [4.69, 9.17) is 0 Å². The number of nitrogens with zero attached hydrogens (tertiary/aromatic N) is 3. The average Bonchev–Trinajstić information content (AvgIpc) is 2.60. The molecule has 1 fully saturated rings. The molecule has 150 valence electrons. The Morgan fingerprint density at radius 2 is 1.96 bits per heavy atom. The standard InChI is InChI=1S/C19H30N4O4/c1-5-15-12-22(16(6-2)11-21(15)13-19(3,4)25)18(24)20-14-8-7-9-17(10-14)23(26)27/h7-10,15-16,25H,5-6,11-13H2,1-4H3,(H,20,24)/t15-,16+/m1/s1. The Bertz CT molecular complexity index is 674. The summed E-state index contributed by atoms with van der Waals surface area (Å²) in [6.07, 6.45) is 1.66. The van der Waals surface area contributed by atoms with Crippen molar-refractivity contribution in [2.45, 2.75) is 58.2 Å². The van der Waals surface area contributed by atoms with E-state index in [1.807, 2.05) is 11.8 Å². The second kappa shape index (κ2) is 8.67. The van der Waals surface area contributed by atoms with Crippen LogP contribution in [-0.2, 0) is 0 Å². The van der Waals surface area contributed by atoms with Crippen molar-refractivity contribution in [3.63, 3.8) is 0 Å². The highest BCUT2D eigenvalue weighted by Gasteiger charge is 2.36. The number of β-amino-alcohol motifs (C(OH)–C–C–N with tert-alkyl or cyclic N) is 1. The van der Waals surface area contributed by atoms with Gasteiger partial charge >= 0.3 is 6.03 Å². The van der Waals surface area contributed by atoms with Gasteiger partial charge in [-0.3, -0.25) is 15.0 Å². The van der Waals surface area contributed by atoms with Gasteiger partial charge in [-0.2, -0.15) is 0 Å². The summed E-state index contributed by atoms with van der Waals surface area (Å²) in [6, 6.07) is 5.90. The summed E-state index contributed by atoms with van der Waals surface area (Å²) >= 11 is 0. The lowest BCUT2D eigenvalue weighted by molar-refractivity contribution is -0.384. The molecular weight excluding hydrogens is 348 g/mol. The maximum Gasteiger partial charge on any atom is 0.322 e. The van der Waals surface area contributed by atoms with Crippen molar-refractivity contribution >= 4 is 17.4 Å². The fourth-order valence-electron chi connectivity index (χ4n) is 3.58. The normalized spacial score (nSPS) is 21.1. The van der Waals surface area contributed by atoms with Crippen molar-refractivity contribution in [1.82, 2.24) is 9.80 Å². The van der Waals surface area contributed by atoms with Crippen molar-refractivity contribution in [1.29, 1.82) is 0 Å². The smallest absolute Gasteiger partial charge is 0.322 e. The first-order valence-electron chi connectivity index (χ1n) is 9.43. The van der Waals surface area contributed by atoms with E-state index < -0.39 is 10.5 Å². The molecule has 27 heavy (non-hydrogen) atoms. The third-order valence-corrected chi connectivity index (χ3v) is 4.91. The minimum absolute atomic E-state index is 0.0221. The number of nitro benzene ring substituents is 1. The van der Waals surface area contributed by atoms with Crippen molar-refractivity contribution < 1.29 is 14.8 Å². The predicted molar refractivity (Wildman–Crippen MR) is 105 cm³/mol. The van der Waals surface area contributed by atoms with Gasteiger partial charge in [0.15, 0.2) is 0 Å². The van der Waals surface area contributed by atoms with Gasteiger partial charge in [-0.05, 0) is 32.8 Å². The molecule has 1 aliphatic heterocycles. The van der Waals surface area contributed by atoms with Crippen LogP contribution in [0.25, 0.3) is 0 Å². The molecule has 2 atom stereocenters. The Kier molecular flexibility index (Phi) is 6.78. The van der Waals surface area contributed by atoms with Crippen LogP contribution in [0.5, 0.6) is 0 Å². The van der Waals surface area contributed by atoms with Crippen LogP contribution in [0.15, 0.2) is 24.3 Å². The number of anilines is 1. The lowest BCUT2D eigenvalue weighted by Gasteiger charge is -2.47. The number of amides is 2. The summed E-state index contributed by atoms with van der Waals surface area (Å²) in [7, 11) is 0. The van der Waals surface area contributed by atoms with Crippen LogP contribution >= 0.6 is 0 Å². The van der Waals surface area contributed by atoms with Gasteiger partial charge in [-0.1, -0.05) is 19.9 Å². The fourth-order valence-corrected chi connectivity index (χ4v) is 3.58. The topological polar surface area (TPSA) is 99.0 Å². The van der Waals surface area contributed by atoms with Gasteiger partial charge < -0.3 is 15.3 Å². The van der Waals surface area contributed by atoms with Crippen LogP contribution in [0, 0.1) is 10.1 Å². The van der Waals surface area contributed by atoms with Crippen LogP contribution in [-0.4, -0.2) is 63.2 Å². The number of urea groups is 1. The van der Waals surface area contributed by atoms with Crippen molar-refractivity contribution in [3.05, 3.63) is 34.4 Å². The summed E-state index contributed by atoms with van der Waals surface area (Å²) in [5.74, 6) is 0. The van der Waals surface area contributed by atoms with Gasteiger partial charge in [0.2, 0.25) is 0 Å². The van der Waals surface area contributed by atoms with Gasteiger partial charge in [0.25, 0.3) is 5.69 Å². The number of non-ortho nitro benzene ring substituents is 1. The number of hydrogen-bond donors (Lipinski definition) is 2. The third-order valence-electron chi connectivity index (χ3n) is 4.91. The number of carbonyl (C=O) groups excluding carboxylic acids is 1. The van der Waals surface area contributed by atoms with Gasteiger partial charge in [0.1, 0.15) is 0 Å². The molecular formula is C19H30N4O4. The van der Waals surface area contributed by atoms with Crippen LogP contribution in [0.2, 0.25) is 0 Å². The van der Waals surface area contributed by atoms with E-state index in [2.05, 4.69) is 17.1 Å². The zero-order valence-corrected chi connectivity index (χ0v) is 16.5. The molecule has 1 aliphatic rings. The molecule has 2 amide bonds. The summed E-state index contributed by atoms with van der Waals surface area (Å²) in [6.45, 7) is 9.51. The fraction of sp³-hybridized carbons (Fsp3) is 0.632. The Morgan fingerprint density at radius 3 is 2.52 bits per heavy atom. The van der Waals surface area contributed by atoms with Crippen molar-refractivity contribution in [3.8, 4) is 0 Å². The number of hydrogen-bond acceptors (Lipinski definition) is 5. The molecule has 0 aromatic heterocycles. The largest absolute Gasteiger partial charge is 0.389 e. The van der Waals surface area contributed by atoms with Crippen LogP contribution in [0.1, 0.15) is 40.5 Å². The van der Waals surface area contributed by atoms with Gasteiger partial charge in [0, 0.05) is 49.5 Å². The van der Waals surface area contributed by atoms with E-state index in [1.54, 1.807) is 26.0 Å². The minimum Gasteiger partial charge on any atom is -0.389 e. The number of nitro groups is 1. The number of rotatable bonds is 6. The number of benzene rings is 1. The molecule has 2 rings (SSSR count). The minimum atomic E-state index is -0.793. The number of aliphatic hydroxyl groups is 1. The summed E-state index contributed by atoms with van der Waals surface area (Å²) < 4.78 is 0. The third kappa shape index (κ3) is 5.64. The summed E-state index contributed by atoms with van der Waals surface area (Å²) in [5.41, 5.74) is -0.434. The van der Waals surface area contributed by atoms with E-state index in [1.165, 1.54) is 12.1 Å². The maximum absolute atomic E-state index is 12.8. The van der Waals surface area contributed by atoms with E-state index in [0.29, 0.717) is 25.3 Å². The van der Waals surface area contributed by atoms with Gasteiger partial charge in [-0.25, -0.2) is 4.79 Å². The summed E-state index contributed by atoms with van der Waals surface area (Å²) in [4.78, 5) is 27.4. The van der Waals surface area contributed by atoms with E-state index in [0.717, 1.165) is 12.8 Å². The molecule has 0 saturated carbocycles. The Morgan fingerprint density at radius 1 is 1.30 bits per heavy atom. The van der Waals surface area contributed by atoms with Crippen LogP contribution < -0.4 is 5.32 Å². The Balaban J connectivity index is 2.13. The molecule has 1 heterocycles. The molecule has 0 spiro atoms.